The predicted molar refractivity (Wildman–Crippen MR) is 71.6 cm³/mol. The number of halogens is 1. The fourth-order valence-electron chi connectivity index (χ4n) is 1.57. The van der Waals surface area contributed by atoms with E-state index in [-0.39, 0.29) is 0 Å². The Bertz CT molecular complexity index is 439. The van der Waals surface area contributed by atoms with Gasteiger partial charge < -0.3 is 4.90 Å². The van der Waals surface area contributed by atoms with Crippen LogP contribution in [0.25, 0.3) is 0 Å². The van der Waals surface area contributed by atoms with E-state index in [0.717, 1.165) is 15.7 Å². The molecule has 88 valence electrons. The van der Waals surface area contributed by atoms with Gasteiger partial charge in [0.2, 0.25) is 0 Å². The summed E-state index contributed by atoms with van der Waals surface area (Å²) in [6.45, 7) is 3.36. The molecule has 4 heteroatoms. The summed E-state index contributed by atoms with van der Waals surface area (Å²) in [6, 6.07) is 10.3. The third-order valence-corrected chi connectivity index (χ3v) is 3.38. The molecule has 0 aliphatic heterocycles. The molecule has 0 aliphatic carbocycles. The van der Waals surface area contributed by atoms with Crippen LogP contribution in [0.1, 0.15) is 18.4 Å². The van der Waals surface area contributed by atoms with Gasteiger partial charge in [-0.2, -0.15) is 10.5 Å². The summed E-state index contributed by atoms with van der Waals surface area (Å²) in [5.74, 6) is 0. The number of hydrogen-bond acceptors (Lipinski definition) is 3. The van der Waals surface area contributed by atoms with E-state index in [2.05, 4.69) is 39.0 Å². The highest BCUT2D eigenvalue weighted by molar-refractivity contribution is 9.10. The molecule has 3 nitrogen and oxygen atoms in total. The number of rotatable bonds is 5. The zero-order valence-electron chi connectivity index (χ0n) is 9.78. The van der Waals surface area contributed by atoms with Crippen LogP contribution in [0.2, 0.25) is 0 Å². The lowest BCUT2D eigenvalue weighted by Gasteiger charge is -2.23. The number of nitriles is 2. The van der Waals surface area contributed by atoms with Crippen molar-refractivity contribution in [2.75, 3.05) is 18.0 Å². The molecule has 17 heavy (non-hydrogen) atoms. The van der Waals surface area contributed by atoms with E-state index in [9.17, 15) is 0 Å². The number of benzene rings is 1. The monoisotopic (exact) mass is 291 g/mol. The minimum absolute atomic E-state index is 0.473. The van der Waals surface area contributed by atoms with Crippen LogP contribution in [-0.4, -0.2) is 13.1 Å². The summed E-state index contributed by atoms with van der Waals surface area (Å²) in [6.07, 6.45) is 0.946. The van der Waals surface area contributed by atoms with Crippen molar-refractivity contribution in [1.82, 2.24) is 0 Å². The normalized spacial score (nSPS) is 9.41. The standard InChI is InChI=1S/C13H14BrN3/c1-11-10-12(4-5-13(11)14)17(8-2-6-15)9-3-7-16/h4-5,10H,2-3,8-9H2,1H3. The molecule has 1 aromatic carbocycles. The fraction of sp³-hybridized carbons (Fsp3) is 0.385. The summed E-state index contributed by atoms with van der Waals surface area (Å²) in [5.41, 5.74) is 2.22. The first-order valence-electron chi connectivity index (χ1n) is 5.44. The zero-order valence-corrected chi connectivity index (χ0v) is 11.4. The molecule has 1 aromatic rings. The molecule has 0 amide bonds. The number of nitrogens with zero attached hydrogens (tertiary/aromatic N) is 3. The largest absolute Gasteiger partial charge is 0.369 e. The van der Waals surface area contributed by atoms with E-state index in [1.165, 1.54) is 0 Å². The maximum atomic E-state index is 8.64. The second-order valence-electron chi connectivity index (χ2n) is 3.74. The summed E-state index contributed by atoms with van der Waals surface area (Å²) in [4.78, 5) is 2.08. The summed E-state index contributed by atoms with van der Waals surface area (Å²) >= 11 is 3.46. The molecule has 0 N–H and O–H groups in total. The Kier molecular flexibility index (Phi) is 5.52. The van der Waals surface area contributed by atoms with Crippen LogP contribution in [0.15, 0.2) is 22.7 Å². The molecule has 0 heterocycles. The smallest absolute Gasteiger partial charge is 0.0640 e. The minimum Gasteiger partial charge on any atom is -0.369 e. The molecule has 0 atom stereocenters. The number of aryl methyl sites for hydroxylation is 1. The predicted octanol–water partition coefficient (Wildman–Crippen LogP) is 3.39. The van der Waals surface area contributed by atoms with E-state index in [1.54, 1.807) is 0 Å². The third kappa shape index (κ3) is 4.09. The Hall–Kier alpha value is -1.52. The van der Waals surface area contributed by atoms with Gasteiger partial charge in [-0.25, -0.2) is 0 Å². The maximum Gasteiger partial charge on any atom is 0.0640 e. The first-order valence-corrected chi connectivity index (χ1v) is 6.23. The highest BCUT2D eigenvalue weighted by atomic mass is 79.9. The molecular weight excluding hydrogens is 278 g/mol. The second kappa shape index (κ2) is 6.93. The highest BCUT2D eigenvalue weighted by Crippen LogP contribution is 2.23. The number of anilines is 1. The average Bonchev–Trinajstić information content (AvgIpc) is 2.33. The van der Waals surface area contributed by atoms with Crippen LogP contribution in [0.4, 0.5) is 5.69 Å². The average molecular weight is 292 g/mol. The summed E-state index contributed by atoms with van der Waals surface area (Å²) < 4.78 is 1.07. The molecule has 0 radical (unpaired) electrons. The quantitative estimate of drug-likeness (QED) is 0.835. The van der Waals surface area contributed by atoms with Gasteiger partial charge in [0, 0.05) is 23.2 Å². The van der Waals surface area contributed by atoms with Crippen molar-refractivity contribution in [2.45, 2.75) is 19.8 Å². The third-order valence-electron chi connectivity index (χ3n) is 2.49. The van der Waals surface area contributed by atoms with Gasteiger partial charge in [0.15, 0.2) is 0 Å². The lowest BCUT2D eigenvalue weighted by atomic mass is 10.2. The van der Waals surface area contributed by atoms with Crippen LogP contribution in [0, 0.1) is 29.6 Å². The lowest BCUT2D eigenvalue weighted by molar-refractivity contribution is 0.796. The van der Waals surface area contributed by atoms with Crippen molar-refractivity contribution >= 4 is 21.6 Å². The van der Waals surface area contributed by atoms with E-state index in [4.69, 9.17) is 10.5 Å². The molecule has 0 saturated carbocycles. The lowest BCUT2D eigenvalue weighted by Crippen LogP contribution is -2.25. The second-order valence-corrected chi connectivity index (χ2v) is 4.59. The van der Waals surface area contributed by atoms with Gasteiger partial charge in [-0.1, -0.05) is 15.9 Å². The minimum atomic E-state index is 0.473. The first-order chi connectivity index (χ1) is 8.19. The van der Waals surface area contributed by atoms with Gasteiger partial charge in [0.1, 0.15) is 0 Å². The molecule has 0 bridgehead atoms. The Morgan fingerprint density at radius 1 is 1.18 bits per heavy atom. The van der Waals surface area contributed by atoms with Crippen molar-refractivity contribution in [3.05, 3.63) is 28.2 Å². The molecule has 0 fully saturated rings. The highest BCUT2D eigenvalue weighted by Gasteiger charge is 2.07. The molecule has 0 aliphatic rings. The van der Waals surface area contributed by atoms with Crippen LogP contribution < -0.4 is 4.90 Å². The van der Waals surface area contributed by atoms with Crippen LogP contribution in [0.5, 0.6) is 0 Å². The van der Waals surface area contributed by atoms with E-state index < -0.39 is 0 Å². The van der Waals surface area contributed by atoms with Crippen LogP contribution in [-0.2, 0) is 0 Å². The van der Waals surface area contributed by atoms with Crippen molar-refractivity contribution < 1.29 is 0 Å². The Labute approximate surface area is 110 Å². The van der Waals surface area contributed by atoms with Gasteiger partial charge in [-0.05, 0) is 30.7 Å². The molecule has 0 saturated heterocycles. The molecule has 0 spiro atoms. The van der Waals surface area contributed by atoms with Crippen LogP contribution in [0.3, 0.4) is 0 Å². The van der Waals surface area contributed by atoms with E-state index in [1.807, 2.05) is 19.1 Å². The molecule has 1 rings (SSSR count). The fourth-order valence-corrected chi connectivity index (χ4v) is 1.81. The topological polar surface area (TPSA) is 50.8 Å². The van der Waals surface area contributed by atoms with Gasteiger partial charge in [0.25, 0.3) is 0 Å². The van der Waals surface area contributed by atoms with Crippen molar-refractivity contribution in [2.24, 2.45) is 0 Å². The summed E-state index contributed by atoms with van der Waals surface area (Å²) in [5, 5.41) is 17.3. The van der Waals surface area contributed by atoms with Crippen molar-refractivity contribution in [3.63, 3.8) is 0 Å². The van der Waals surface area contributed by atoms with Gasteiger partial charge >= 0.3 is 0 Å². The maximum absolute atomic E-state index is 8.64. The summed E-state index contributed by atoms with van der Waals surface area (Å²) in [7, 11) is 0. The SMILES string of the molecule is Cc1cc(N(CCC#N)CCC#N)ccc1Br. The van der Waals surface area contributed by atoms with Crippen molar-refractivity contribution in [1.29, 1.82) is 10.5 Å². The van der Waals surface area contributed by atoms with E-state index >= 15 is 0 Å². The van der Waals surface area contributed by atoms with E-state index in [0.29, 0.717) is 25.9 Å². The van der Waals surface area contributed by atoms with Gasteiger partial charge in [-0.3, -0.25) is 0 Å². The Balaban J connectivity index is 2.84. The number of hydrogen-bond donors (Lipinski definition) is 0. The Morgan fingerprint density at radius 2 is 1.76 bits per heavy atom. The Morgan fingerprint density at radius 3 is 2.24 bits per heavy atom. The zero-order chi connectivity index (χ0) is 12.7. The van der Waals surface area contributed by atoms with Gasteiger partial charge in [-0.15, -0.1) is 0 Å². The van der Waals surface area contributed by atoms with Crippen molar-refractivity contribution in [3.8, 4) is 12.1 Å². The van der Waals surface area contributed by atoms with Crippen LogP contribution >= 0.6 is 15.9 Å². The van der Waals surface area contributed by atoms with Gasteiger partial charge in [0.05, 0.1) is 25.0 Å². The molecule has 0 aromatic heterocycles. The molecule has 0 unspecified atom stereocenters. The first kappa shape index (κ1) is 13.5. The molecular formula is C13H14BrN3.